The molecular formula is C15H19ClN4OS. The van der Waals surface area contributed by atoms with E-state index in [1.807, 2.05) is 49.6 Å². The Balaban J connectivity index is 2.24. The Morgan fingerprint density at radius 1 is 1.32 bits per heavy atom. The molecule has 0 spiro atoms. The Labute approximate surface area is 139 Å². The van der Waals surface area contributed by atoms with Crippen LogP contribution >= 0.6 is 23.4 Å². The lowest BCUT2D eigenvalue weighted by Crippen LogP contribution is -2.30. The van der Waals surface area contributed by atoms with Crippen molar-refractivity contribution in [3.8, 4) is 11.4 Å². The van der Waals surface area contributed by atoms with Crippen LogP contribution in [0, 0.1) is 0 Å². The minimum Gasteiger partial charge on any atom is -0.355 e. The first kappa shape index (κ1) is 16.8. The molecule has 2 aromatic rings. The fourth-order valence-corrected chi connectivity index (χ4v) is 3.07. The molecule has 118 valence electrons. The maximum Gasteiger partial charge on any atom is 0.233 e. The number of aromatic nitrogens is 3. The molecule has 0 saturated carbocycles. The van der Waals surface area contributed by atoms with Gasteiger partial charge in [0.25, 0.3) is 0 Å². The van der Waals surface area contributed by atoms with Crippen LogP contribution < -0.4 is 5.32 Å². The molecule has 22 heavy (non-hydrogen) atoms. The van der Waals surface area contributed by atoms with Crippen molar-refractivity contribution in [3.05, 3.63) is 29.3 Å². The Morgan fingerprint density at radius 2 is 2.00 bits per heavy atom. The molecule has 1 amide bonds. The maximum absolute atomic E-state index is 11.9. The van der Waals surface area contributed by atoms with Crippen LogP contribution in [0.4, 0.5) is 0 Å². The standard InChI is InChI=1S/C15H19ClN4OS/c1-4-17-14(21)10(3)22-15-19-18-13(20(15)5-2)11-6-8-12(16)9-7-11/h6-10H,4-5H2,1-3H3,(H,17,21)/t10-/m1/s1. The first-order valence-electron chi connectivity index (χ1n) is 7.20. The van der Waals surface area contributed by atoms with Gasteiger partial charge in [-0.25, -0.2) is 0 Å². The molecule has 1 aromatic carbocycles. The van der Waals surface area contributed by atoms with Crippen molar-refractivity contribution in [1.29, 1.82) is 0 Å². The van der Waals surface area contributed by atoms with Crippen LogP contribution in [0.5, 0.6) is 0 Å². The zero-order valence-corrected chi connectivity index (χ0v) is 14.4. The number of nitrogens with one attached hydrogen (secondary N) is 1. The molecule has 0 unspecified atom stereocenters. The van der Waals surface area contributed by atoms with Gasteiger partial charge in [-0.15, -0.1) is 10.2 Å². The number of carbonyl (C=O) groups excluding carboxylic acids is 1. The van der Waals surface area contributed by atoms with Crippen molar-refractivity contribution in [1.82, 2.24) is 20.1 Å². The van der Waals surface area contributed by atoms with Gasteiger partial charge in [0.2, 0.25) is 5.91 Å². The van der Waals surface area contributed by atoms with E-state index in [0.717, 1.165) is 23.1 Å². The number of rotatable bonds is 6. The second-order valence-electron chi connectivity index (χ2n) is 4.71. The number of benzene rings is 1. The van der Waals surface area contributed by atoms with Gasteiger partial charge in [-0.05, 0) is 45.0 Å². The smallest absolute Gasteiger partial charge is 0.233 e. The molecule has 0 aliphatic carbocycles. The molecule has 0 aliphatic heterocycles. The number of carbonyl (C=O) groups is 1. The normalized spacial score (nSPS) is 12.2. The van der Waals surface area contributed by atoms with Crippen LogP contribution in [0.25, 0.3) is 11.4 Å². The summed E-state index contributed by atoms with van der Waals surface area (Å²) in [5.41, 5.74) is 0.955. The van der Waals surface area contributed by atoms with Gasteiger partial charge in [0.05, 0.1) is 5.25 Å². The van der Waals surface area contributed by atoms with Crippen LogP contribution in [-0.4, -0.2) is 32.5 Å². The number of thioether (sulfide) groups is 1. The Hall–Kier alpha value is -1.53. The maximum atomic E-state index is 11.9. The predicted molar refractivity (Wildman–Crippen MR) is 90.1 cm³/mol. The third-order valence-corrected chi connectivity index (χ3v) is 4.47. The van der Waals surface area contributed by atoms with E-state index in [9.17, 15) is 4.79 Å². The summed E-state index contributed by atoms with van der Waals surface area (Å²) in [7, 11) is 0. The fourth-order valence-electron chi connectivity index (χ4n) is 2.00. The van der Waals surface area contributed by atoms with E-state index < -0.39 is 0 Å². The lowest BCUT2D eigenvalue weighted by atomic mass is 10.2. The quantitative estimate of drug-likeness (QED) is 0.821. The predicted octanol–water partition coefficient (Wildman–Crippen LogP) is 3.24. The SMILES string of the molecule is CCNC(=O)[C@@H](C)Sc1nnc(-c2ccc(Cl)cc2)n1CC. The van der Waals surface area contributed by atoms with Crippen molar-refractivity contribution in [2.45, 2.75) is 37.7 Å². The van der Waals surface area contributed by atoms with Crippen molar-refractivity contribution in [2.24, 2.45) is 0 Å². The Kier molecular flexibility index (Phi) is 5.85. The largest absolute Gasteiger partial charge is 0.355 e. The fraction of sp³-hybridized carbons (Fsp3) is 0.400. The van der Waals surface area contributed by atoms with E-state index in [4.69, 9.17) is 11.6 Å². The first-order valence-corrected chi connectivity index (χ1v) is 8.46. The number of hydrogen-bond acceptors (Lipinski definition) is 4. The van der Waals surface area contributed by atoms with Crippen LogP contribution in [-0.2, 0) is 11.3 Å². The molecule has 7 heteroatoms. The summed E-state index contributed by atoms with van der Waals surface area (Å²) in [6, 6.07) is 7.49. The summed E-state index contributed by atoms with van der Waals surface area (Å²) in [5, 5.41) is 12.5. The Morgan fingerprint density at radius 3 is 2.59 bits per heavy atom. The number of amides is 1. The van der Waals surface area contributed by atoms with Gasteiger partial charge in [-0.3, -0.25) is 4.79 Å². The minimum absolute atomic E-state index is 0.00574. The number of halogens is 1. The van der Waals surface area contributed by atoms with E-state index in [0.29, 0.717) is 11.6 Å². The number of hydrogen-bond donors (Lipinski definition) is 1. The molecule has 0 aliphatic rings. The summed E-state index contributed by atoms with van der Waals surface area (Å²) in [5.74, 6) is 0.788. The molecule has 2 rings (SSSR count). The van der Waals surface area contributed by atoms with Crippen molar-refractivity contribution < 1.29 is 4.79 Å². The van der Waals surface area contributed by atoms with Gasteiger partial charge < -0.3 is 9.88 Å². The van der Waals surface area contributed by atoms with Gasteiger partial charge in [0.15, 0.2) is 11.0 Å². The van der Waals surface area contributed by atoms with E-state index in [2.05, 4.69) is 15.5 Å². The average molecular weight is 339 g/mol. The minimum atomic E-state index is -0.215. The third kappa shape index (κ3) is 3.81. The molecule has 0 saturated heterocycles. The molecule has 1 aromatic heterocycles. The number of nitrogens with zero attached hydrogens (tertiary/aromatic N) is 3. The van der Waals surface area contributed by atoms with Gasteiger partial charge in [0, 0.05) is 23.7 Å². The lowest BCUT2D eigenvalue weighted by Gasteiger charge is -2.11. The highest BCUT2D eigenvalue weighted by molar-refractivity contribution is 8.00. The Bertz CT molecular complexity index is 641. The summed E-state index contributed by atoms with van der Waals surface area (Å²) < 4.78 is 2.00. The monoisotopic (exact) mass is 338 g/mol. The van der Waals surface area contributed by atoms with Gasteiger partial charge in [-0.2, -0.15) is 0 Å². The zero-order chi connectivity index (χ0) is 16.1. The molecule has 0 bridgehead atoms. The topological polar surface area (TPSA) is 59.8 Å². The highest BCUT2D eigenvalue weighted by Crippen LogP contribution is 2.27. The molecular weight excluding hydrogens is 320 g/mol. The molecule has 0 fully saturated rings. The van der Waals surface area contributed by atoms with Crippen LogP contribution in [0.2, 0.25) is 5.02 Å². The van der Waals surface area contributed by atoms with Crippen LogP contribution in [0.15, 0.2) is 29.4 Å². The summed E-state index contributed by atoms with van der Waals surface area (Å²) >= 11 is 7.33. The van der Waals surface area contributed by atoms with Gasteiger partial charge >= 0.3 is 0 Å². The third-order valence-electron chi connectivity index (χ3n) is 3.14. The van der Waals surface area contributed by atoms with Gasteiger partial charge in [0.1, 0.15) is 0 Å². The lowest BCUT2D eigenvalue weighted by molar-refractivity contribution is -0.120. The molecule has 1 N–H and O–H groups in total. The molecule has 0 radical (unpaired) electrons. The highest BCUT2D eigenvalue weighted by atomic mass is 35.5. The van der Waals surface area contributed by atoms with Crippen molar-refractivity contribution in [2.75, 3.05) is 6.54 Å². The molecule has 5 nitrogen and oxygen atoms in total. The highest BCUT2D eigenvalue weighted by Gasteiger charge is 2.19. The summed E-state index contributed by atoms with van der Waals surface area (Å²) in [6.45, 7) is 7.16. The average Bonchev–Trinajstić information content (AvgIpc) is 2.90. The summed E-state index contributed by atoms with van der Waals surface area (Å²) in [4.78, 5) is 11.9. The van der Waals surface area contributed by atoms with E-state index >= 15 is 0 Å². The first-order chi connectivity index (χ1) is 10.6. The van der Waals surface area contributed by atoms with Crippen molar-refractivity contribution >= 4 is 29.3 Å². The van der Waals surface area contributed by atoms with Crippen molar-refractivity contribution in [3.63, 3.8) is 0 Å². The second kappa shape index (κ2) is 7.65. The molecule has 1 heterocycles. The van der Waals surface area contributed by atoms with Gasteiger partial charge in [-0.1, -0.05) is 23.4 Å². The zero-order valence-electron chi connectivity index (χ0n) is 12.8. The summed E-state index contributed by atoms with van der Waals surface area (Å²) in [6.07, 6.45) is 0. The van der Waals surface area contributed by atoms with E-state index in [1.54, 1.807) is 0 Å². The second-order valence-corrected chi connectivity index (χ2v) is 6.46. The van der Waals surface area contributed by atoms with E-state index in [-0.39, 0.29) is 11.2 Å². The molecule has 1 atom stereocenters. The van der Waals surface area contributed by atoms with Crippen LogP contribution in [0.1, 0.15) is 20.8 Å². The van der Waals surface area contributed by atoms with E-state index in [1.165, 1.54) is 11.8 Å². The van der Waals surface area contributed by atoms with Crippen LogP contribution in [0.3, 0.4) is 0 Å².